The van der Waals surface area contributed by atoms with Crippen molar-refractivity contribution in [3.8, 4) is 22.5 Å². The maximum Gasteiger partial charge on any atom is 0.323 e. The number of nitrogens with zero attached hydrogens (tertiary/aromatic N) is 6. The highest BCUT2D eigenvalue weighted by atomic mass is 19.2. The topological polar surface area (TPSA) is 125 Å². The molecule has 0 atom stereocenters. The summed E-state index contributed by atoms with van der Waals surface area (Å²) in [5, 5.41) is 5.63. The SMILES string of the molecule is CN(C)C(=O)c1ccc(NC(=O)Nc2ccc(-c3nc(N4CCOCC4)c4ccc(-c5cncnc5)cc4n3)c(F)c2F)cc1. The third-order valence-electron chi connectivity index (χ3n) is 7.25. The fraction of sp³-hybridized carbons (Fsp3) is 0.188. The van der Waals surface area contributed by atoms with E-state index in [1.165, 1.54) is 35.5 Å². The monoisotopic (exact) mass is 610 g/mol. The molecule has 0 saturated carbocycles. The predicted molar refractivity (Wildman–Crippen MR) is 166 cm³/mol. The van der Waals surface area contributed by atoms with E-state index in [-0.39, 0.29) is 23.0 Å². The molecule has 13 heteroatoms. The molecule has 0 radical (unpaired) electrons. The number of morpholine rings is 1. The van der Waals surface area contributed by atoms with E-state index in [4.69, 9.17) is 4.74 Å². The summed E-state index contributed by atoms with van der Waals surface area (Å²) in [6.45, 7) is 2.15. The molecule has 2 aromatic heterocycles. The molecule has 228 valence electrons. The van der Waals surface area contributed by atoms with Crippen molar-refractivity contribution in [2.45, 2.75) is 0 Å². The minimum absolute atomic E-state index is 0.00906. The summed E-state index contributed by atoms with van der Waals surface area (Å²) in [5.41, 5.74) is 2.38. The first-order valence-corrected chi connectivity index (χ1v) is 14.1. The number of benzene rings is 3. The molecule has 0 bridgehead atoms. The number of anilines is 3. The van der Waals surface area contributed by atoms with Gasteiger partial charge in [0.2, 0.25) is 0 Å². The zero-order chi connectivity index (χ0) is 31.5. The number of urea groups is 1. The lowest BCUT2D eigenvalue weighted by atomic mass is 10.1. The summed E-state index contributed by atoms with van der Waals surface area (Å²) in [6.07, 6.45) is 4.79. The molecular formula is C32H28F2N8O3. The lowest BCUT2D eigenvalue weighted by Crippen LogP contribution is -2.37. The van der Waals surface area contributed by atoms with Gasteiger partial charge in [0.1, 0.15) is 12.1 Å². The first-order chi connectivity index (χ1) is 21.8. The van der Waals surface area contributed by atoms with Crippen LogP contribution in [0.4, 0.5) is 30.8 Å². The largest absolute Gasteiger partial charge is 0.378 e. The van der Waals surface area contributed by atoms with Crippen LogP contribution in [0.15, 0.2) is 73.3 Å². The van der Waals surface area contributed by atoms with Gasteiger partial charge in [0.15, 0.2) is 17.5 Å². The standard InChI is InChI=1S/C32H28F2N8O3/c1-41(2)31(43)19-3-6-22(7-4-19)37-32(44)39-25-10-9-24(27(33)28(25)34)29-38-26-15-20(21-16-35-18-36-17-21)5-8-23(26)30(40-29)42-11-13-45-14-12-42/h3-10,15-18H,11-14H2,1-2H3,(H2,37,39,44). The van der Waals surface area contributed by atoms with Gasteiger partial charge in [-0.15, -0.1) is 0 Å². The second kappa shape index (κ2) is 12.6. The van der Waals surface area contributed by atoms with Crippen LogP contribution >= 0.6 is 0 Å². The molecule has 5 aromatic rings. The van der Waals surface area contributed by atoms with Crippen molar-refractivity contribution in [3.05, 3.63) is 90.5 Å². The van der Waals surface area contributed by atoms with Gasteiger partial charge in [0, 0.05) is 61.8 Å². The van der Waals surface area contributed by atoms with Crippen molar-refractivity contribution in [3.63, 3.8) is 0 Å². The molecule has 45 heavy (non-hydrogen) atoms. The van der Waals surface area contributed by atoms with E-state index < -0.39 is 17.7 Å². The number of nitrogens with one attached hydrogen (secondary N) is 2. The van der Waals surface area contributed by atoms with Crippen molar-refractivity contribution in [2.24, 2.45) is 0 Å². The molecule has 3 heterocycles. The van der Waals surface area contributed by atoms with Crippen LogP contribution in [0.25, 0.3) is 33.4 Å². The molecule has 1 aliphatic heterocycles. The van der Waals surface area contributed by atoms with Crippen molar-refractivity contribution >= 4 is 40.0 Å². The van der Waals surface area contributed by atoms with Gasteiger partial charge in [0.25, 0.3) is 5.91 Å². The summed E-state index contributed by atoms with van der Waals surface area (Å²) in [7, 11) is 3.27. The van der Waals surface area contributed by atoms with Crippen LogP contribution in [-0.2, 0) is 4.74 Å². The fourth-order valence-electron chi connectivity index (χ4n) is 4.93. The average molecular weight is 611 g/mol. The fourth-order valence-corrected chi connectivity index (χ4v) is 4.93. The third-order valence-corrected chi connectivity index (χ3v) is 7.25. The highest BCUT2D eigenvalue weighted by Gasteiger charge is 2.23. The van der Waals surface area contributed by atoms with Crippen molar-refractivity contribution in [1.29, 1.82) is 0 Å². The van der Waals surface area contributed by atoms with Gasteiger partial charge in [-0.3, -0.25) is 4.79 Å². The molecule has 6 rings (SSSR count). The van der Waals surface area contributed by atoms with Crippen molar-refractivity contribution in [2.75, 3.05) is 55.9 Å². The number of rotatable bonds is 6. The number of aromatic nitrogens is 4. The number of ether oxygens (including phenoxy) is 1. The number of fused-ring (bicyclic) bond motifs is 1. The lowest BCUT2D eigenvalue weighted by molar-refractivity contribution is 0.0827. The summed E-state index contributed by atoms with van der Waals surface area (Å²) in [6, 6.07) is 13.6. The minimum Gasteiger partial charge on any atom is -0.378 e. The van der Waals surface area contributed by atoms with E-state index in [1.807, 2.05) is 23.1 Å². The Labute approximate surface area is 256 Å². The van der Waals surface area contributed by atoms with Gasteiger partial charge in [-0.05, 0) is 54.1 Å². The number of carbonyl (C=O) groups is 2. The Morgan fingerprint density at radius 1 is 0.867 bits per heavy atom. The predicted octanol–water partition coefficient (Wildman–Crippen LogP) is 5.21. The van der Waals surface area contributed by atoms with Crippen LogP contribution in [0.5, 0.6) is 0 Å². The van der Waals surface area contributed by atoms with Gasteiger partial charge in [-0.25, -0.2) is 33.5 Å². The Morgan fingerprint density at radius 2 is 1.60 bits per heavy atom. The summed E-state index contributed by atoms with van der Waals surface area (Å²) in [4.78, 5) is 45.6. The zero-order valence-electron chi connectivity index (χ0n) is 24.4. The van der Waals surface area contributed by atoms with Gasteiger partial charge in [-0.2, -0.15) is 0 Å². The van der Waals surface area contributed by atoms with Crippen LogP contribution < -0.4 is 15.5 Å². The van der Waals surface area contributed by atoms with Crippen LogP contribution in [0.1, 0.15) is 10.4 Å². The first kappa shape index (κ1) is 29.5. The Morgan fingerprint density at radius 3 is 2.31 bits per heavy atom. The molecular weight excluding hydrogens is 582 g/mol. The van der Waals surface area contributed by atoms with Crippen LogP contribution in [0.3, 0.4) is 0 Å². The van der Waals surface area contributed by atoms with Gasteiger partial charge >= 0.3 is 6.03 Å². The molecule has 1 saturated heterocycles. The molecule has 0 unspecified atom stereocenters. The van der Waals surface area contributed by atoms with E-state index in [9.17, 15) is 9.59 Å². The van der Waals surface area contributed by atoms with Crippen LogP contribution in [0.2, 0.25) is 0 Å². The summed E-state index contributed by atoms with van der Waals surface area (Å²) < 4.78 is 36.5. The maximum atomic E-state index is 15.6. The smallest absolute Gasteiger partial charge is 0.323 e. The lowest BCUT2D eigenvalue weighted by Gasteiger charge is -2.29. The Hall–Kier alpha value is -5.56. The zero-order valence-corrected chi connectivity index (χ0v) is 24.4. The van der Waals surface area contributed by atoms with E-state index in [0.29, 0.717) is 48.9 Å². The van der Waals surface area contributed by atoms with Gasteiger partial charge in [0.05, 0.1) is 30.0 Å². The normalized spacial score (nSPS) is 13.0. The van der Waals surface area contributed by atoms with Crippen LogP contribution in [-0.4, -0.2) is 77.2 Å². The Balaban J connectivity index is 1.30. The van der Waals surface area contributed by atoms with E-state index in [0.717, 1.165) is 16.5 Å². The molecule has 3 amide bonds. The molecule has 1 fully saturated rings. The minimum atomic E-state index is -1.26. The van der Waals surface area contributed by atoms with Gasteiger partial charge in [-0.1, -0.05) is 6.07 Å². The number of halogens is 2. The molecule has 11 nitrogen and oxygen atoms in total. The first-order valence-electron chi connectivity index (χ1n) is 14.1. The highest BCUT2D eigenvalue weighted by molar-refractivity contribution is 6.01. The number of carbonyl (C=O) groups excluding carboxylic acids is 2. The van der Waals surface area contributed by atoms with E-state index >= 15 is 8.78 Å². The molecule has 0 spiro atoms. The van der Waals surface area contributed by atoms with Crippen LogP contribution in [0, 0.1) is 11.6 Å². The second-order valence-electron chi connectivity index (χ2n) is 10.5. The Bertz CT molecular complexity index is 1880. The number of hydrogen-bond acceptors (Lipinski definition) is 8. The third kappa shape index (κ3) is 6.24. The number of amides is 3. The summed E-state index contributed by atoms with van der Waals surface area (Å²) >= 11 is 0. The molecule has 2 N–H and O–H groups in total. The quantitative estimate of drug-likeness (QED) is 0.268. The van der Waals surface area contributed by atoms with Crippen molar-refractivity contribution < 1.29 is 23.1 Å². The Kier molecular flexibility index (Phi) is 8.25. The maximum absolute atomic E-state index is 15.6. The van der Waals surface area contributed by atoms with Gasteiger partial charge < -0.3 is 25.2 Å². The van der Waals surface area contributed by atoms with Crippen molar-refractivity contribution in [1.82, 2.24) is 24.8 Å². The van der Waals surface area contributed by atoms with E-state index in [1.54, 1.807) is 38.6 Å². The van der Waals surface area contributed by atoms with E-state index in [2.05, 4.69) is 30.6 Å². The average Bonchev–Trinajstić information content (AvgIpc) is 3.07. The molecule has 1 aliphatic rings. The number of hydrogen-bond donors (Lipinski definition) is 2. The highest BCUT2D eigenvalue weighted by Crippen LogP contribution is 2.33. The molecule has 3 aromatic carbocycles. The summed E-state index contributed by atoms with van der Waals surface area (Å²) in [5.74, 6) is -2.10. The molecule has 0 aliphatic carbocycles. The second-order valence-corrected chi connectivity index (χ2v) is 10.5.